The average molecular weight is 414 g/mol. The molecule has 0 atom stereocenters. The van der Waals surface area contributed by atoms with Crippen LogP contribution < -0.4 is 5.32 Å². The number of carbonyl (C=O) groups excluding carboxylic acids is 1. The molecular weight excluding hydrogens is 386 g/mol. The van der Waals surface area contributed by atoms with E-state index in [0.29, 0.717) is 17.6 Å². The zero-order valence-corrected chi connectivity index (χ0v) is 18.1. The van der Waals surface area contributed by atoms with Gasteiger partial charge in [0.1, 0.15) is 0 Å². The molecular formula is C20H27N7OS. The molecule has 0 aliphatic heterocycles. The van der Waals surface area contributed by atoms with Crippen molar-refractivity contribution in [2.45, 2.75) is 51.7 Å². The van der Waals surface area contributed by atoms with Crippen LogP contribution in [0.5, 0.6) is 0 Å². The fraction of sp³-hybridized carbons (Fsp3) is 0.450. The standard InChI is InChI=1S/C20H27N7OS/c1-14(2)17-6-8-18(9-7-17)27-20(22-24-25-27)29-13-19(28)21-10-5-11-26-16(4)12-15(3)23-26/h6-9,12,14H,5,10-11,13H2,1-4H3,(H,21,28). The van der Waals surface area contributed by atoms with Gasteiger partial charge in [-0.05, 0) is 60.4 Å². The van der Waals surface area contributed by atoms with Crippen molar-refractivity contribution in [2.24, 2.45) is 0 Å². The van der Waals surface area contributed by atoms with Gasteiger partial charge in [-0.3, -0.25) is 9.48 Å². The average Bonchev–Trinajstić information content (AvgIpc) is 3.29. The summed E-state index contributed by atoms with van der Waals surface area (Å²) in [5, 5.41) is 19.8. The van der Waals surface area contributed by atoms with Crippen molar-refractivity contribution in [3.8, 4) is 5.69 Å². The Morgan fingerprint density at radius 1 is 1.21 bits per heavy atom. The maximum Gasteiger partial charge on any atom is 0.230 e. The van der Waals surface area contributed by atoms with Crippen LogP contribution >= 0.6 is 11.8 Å². The number of nitrogens with one attached hydrogen (secondary N) is 1. The maximum atomic E-state index is 12.2. The van der Waals surface area contributed by atoms with E-state index in [1.165, 1.54) is 17.3 Å². The molecule has 0 unspecified atom stereocenters. The third-order valence-electron chi connectivity index (χ3n) is 4.55. The van der Waals surface area contributed by atoms with E-state index in [1.807, 2.05) is 30.7 Å². The van der Waals surface area contributed by atoms with Crippen LogP contribution in [0, 0.1) is 13.8 Å². The number of nitrogens with zero attached hydrogens (tertiary/aromatic N) is 6. The van der Waals surface area contributed by atoms with Crippen molar-refractivity contribution in [1.29, 1.82) is 0 Å². The number of benzene rings is 1. The molecule has 0 saturated heterocycles. The van der Waals surface area contributed by atoms with E-state index >= 15 is 0 Å². The first-order valence-electron chi connectivity index (χ1n) is 9.73. The number of aryl methyl sites for hydroxylation is 3. The molecule has 0 aliphatic carbocycles. The Hall–Kier alpha value is -2.68. The summed E-state index contributed by atoms with van der Waals surface area (Å²) in [5.74, 6) is 0.703. The molecule has 0 bridgehead atoms. The number of amides is 1. The summed E-state index contributed by atoms with van der Waals surface area (Å²) in [5.41, 5.74) is 4.29. The van der Waals surface area contributed by atoms with Crippen LogP contribution in [0.25, 0.3) is 5.69 Å². The van der Waals surface area contributed by atoms with Crippen LogP contribution in [0.2, 0.25) is 0 Å². The maximum absolute atomic E-state index is 12.2. The van der Waals surface area contributed by atoms with Gasteiger partial charge in [-0.15, -0.1) is 5.10 Å². The van der Waals surface area contributed by atoms with Crippen LogP contribution in [0.3, 0.4) is 0 Å². The summed E-state index contributed by atoms with van der Waals surface area (Å²) in [7, 11) is 0. The van der Waals surface area contributed by atoms with Gasteiger partial charge in [-0.1, -0.05) is 37.7 Å². The first-order valence-corrected chi connectivity index (χ1v) is 10.7. The van der Waals surface area contributed by atoms with Crippen LogP contribution in [0.15, 0.2) is 35.5 Å². The van der Waals surface area contributed by atoms with E-state index in [9.17, 15) is 4.79 Å². The van der Waals surface area contributed by atoms with E-state index in [0.717, 1.165) is 30.0 Å². The first kappa shape index (κ1) is 21.0. The molecule has 0 spiro atoms. The third-order valence-corrected chi connectivity index (χ3v) is 5.47. The van der Waals surface area contributed by atoms with Crippen LogP contribution in [0.4, 0.5) is 0 Å². The fourth-order valence-corrected chi connectivity index (χ4v) is 3.69. The molecule has 29 heavy (non-hydrogen) atoms. The topological polar surface area (TPSA) is 90.5 Å². The Labute approximate surface area is 175 Å². The molecule has 0 saturated carbocycles. The van der Waals surface area contributed by atoms with Crippen molar-refractivity contribution in [1.82, 2.24) is 35.3 Å². The Morgan fingerprint density at radius 3 is 2.62 bits per heavy atom. The third kappa shape index (κ3) is 5.66. The van der Waals surface area contributed by atoms with Gasteiger partial charge < -0.3 is 5.32 Å². The van der Waals surface area contributed by atoms with Crippen molar-refractivity contribution >= 4 is 17.7 Å². The molecule has 0 fully saturated rings. The SMILES string of the molecule is Cc1cc(C)n(CCCNC(=O)CSc2nnnn2-c2ccc(C(C)C)cc2)n1. The van der Waals surface area contributed by atoms with Crippen molar-refractivity contribution in [2.75, 3.05) is 12.3 Å². The normalized spacial score (nSPS) is 11.2. The molecule has 154 valence electrons. The minimum Gasteiger partial charge on any atom is -0.355 e. The predicted octanol–water partition coefficient (Wildman–Crippen LogP) is 2.90. The van der Waals surface area contributed by atoms with Gasteiger partial charge in [-0.25, -0.2) is 0 Å². The van der Waals surface area contributed by atoms with Crippen LogP contribution in [-0.4, -0.2) is 48.2 Å². The largest absolute Gasteiger partial charge is 0.355 e. The van der Waals surface area contributed by atoms with Gasteiger partial charge in [0.05, 0.1) is 17.1 Å². The number of rotatable bonds is 9. The molecule has 3 rings (SSSR count). The quantitative estimate of drug-likeness (QED) is 0.428. The zero-order chi connectivity index (χ0) is 20.8. The lowest BCUT2D eigenvalue weighted by Crippen LogP contribution is -2.27. The number of hydrogen-bond donors (Lipinski definition) is 1. The first-order chi connectivity index (χ1) is 13.9. The van der Waals surface area contributed by atoms with E-state index in [4.69, 9.17) is 0 Å². The molecule has 1 aromatic carbocycles. The van der Waals surface area contributed by atoms with Crippen LogP contribution in [0.1, 0.15) is 43.1 Å². The molecule has 0 radical (unpaired) electrons. The second-order valence-electron chi connectivity index (χ2n) is 7.26. The molecule has 0 aliphatic rings. The van der Waals surface area contributed by atoms with E-state index < -0.39 is 0 Å². The smallest absolute Gasteiger partial charge is 0.230 e. The van der Waals surface area contributed by atoms with Gasteiger partial charge in [0.2, 0.25) is 11.1 Å². The summed E-state index contributed by atoms with van der Waals surface area (Å²) < 4.78 is 3.62. The highest BCUT2D eigenvalue weighted by Crippen LogP contribution is 2.20. The Morgan fingerprint density at radius 2 is 1.97 bits per heavy atom. The van der Waals surface area contributed by atoms with Crippen molar-refractivity contribution in [3.63, 3.8) is 0 Å². The fourth-order valence-electron chi connectivity index (χ4n) is 2.97. The lowest BCUT2D eigenvalue weighted by molar-refractivity contribution is -0.118. The van der Waals surface area contributed by atoms with E-state index in [-0.39, 0.29) is 11.7 Å². The summed E-state index contributed by atoms with van der Waals surface area (Å²) in [6.07, 6.45) is 0.832. The summed E-state index contributed by atoms with van der Waals surface area (Å²) >= 11 is 1.32. The highest BCUT2D eigenvalue weighted by molar-refractivity contribution is 7.99. The number of tetrazole rings is 1. The molecule has 2 heterocycles. The molecule has 9 heteroatoms. The van der Waals surface area contributed by atoms with Gasteiger partial charge in [0.25, 0.3) is 0 Å². The highest BCUT2D eigenvalue weighted by atomic mass is 32.2. The van der Waals surface area contributed by atoms with Crippen molar-refractivity contribution < 1.29 is 4.79 Å². The summed E-state index contributed by atoms with van der Waals surface area (Å²) in [6.45, 7) is 9.73. The number of hydrogen-bond acceptors (Lipinski definition) is 6. The minimum absolute atomic E-state index is 0.0342. The predicted molar refractivity (Wildman–Crippen MR) is 113 cm³/mol. The lowest BCUT2D eigenvalue weighted by Gasteiger charge is -2.08. The molecule has 8 nitrogen and oxygen atoms in total. The molecule has 1 N–H and O–H groups in total. The van der Waals surface area contributed by atoms with Gasteiger partial charge in [-0.2, -0.15) is 9.78 Å². The second kappa shape index (κ2) is 9.69. The lowest BCUT2D eigenvalue weighted by atomic mass is 10.0. The summed E-state index contributed by atoms with van der Waals surface area (Å²) in [4.78, 5) is 12.2. The number of thioether (sulfide) groups is 1. The number of aromatic nitrogens is 6. The van der Waals surface area contributed by atoms with Gasteiger partial charge in [0, 0.05) is 18.8 Å². The van der Waals surface area contributed by atoms with Crippen LogP contribution in [-0.2, 0) is 11.3 Å². The van der Waals surface area contributed by atoms with Crippen molar-refractivity contribution in [3.05, 3.63) is 47.3 Å². The van der Waals surface area contributed by atoms with E-state index in [1.54, 1.807) is 4.68 Å². The Bertz CT molecular complexity index is 946. The second-order valence-corrected chi connectivity index (χ2v) is 8.20. The van der Waals surface area contributed by atoms with E-state index in [2.05, 4.69) is 58.0 Å². The Kier molecular flexibility index (Phi) is 7.03. The van der Waals surface area contributed by atoms with Gasteiger partial charge in [0.15, 0.2) is 0 Å². The monoisotopic (exact) mass is 413 g/mol. The zero-order valence-electron chi connectivity index (χ0n) is 17.3. The number of carbonyl (C=O) groups is 1. The molecule has 2 aromatic heterocycles. The van der Waals surface area contributed by atoms with Gasteiger partial charge >= 0.3 is 0 Å². The molecule has 3 aromatic rings. The molecule has 1 amide bonds. The minimum atomic E-state index is -0.0342. The highest BCUT2D eigenvalue weighted by Gasteiger charge is 2.12. The summed E-state index contributed by atoms with van der Waals surface area (Å²) in [6, 6.07) is 10.2. The Balaban J connectivity index is 1.46.